The average Bonchev–Trinajstić information content (AvgIpc) is 3.27. The summed E-state index contributed by atoms with van der Waals surface area (Å²) in [5.41, 5.74) is 1.93. The van der Waals surface area contributed by atoms with Crippen LogP contribution in [0.25, 0.3) is 0 Å². The number of nitrogens with zero attached hydrogens (tertiary/aromatic N) is 2. The first-order chi connectivity index (χ1) is 20.6. The number of aldehydes is 1. The number of carboxylic acid groups (broad SMARTS) is 1. The lowest BCUT2D eigenvalue weighted by Gasteiger charge is -2.46. The number of amides is 1. The van der Waals surface area contributed by atoms with E-state index in [1.807, 2.05) is 29.2 Å². The number of hydrogen-bond donors (Lipinski definition) is 2. The van der Waals surface area contributed by atoms with E-state index in [1.54, 1.807) is 13.1 Å². The normalized spacial score (nSPS) is 20.5. The number of hydrogen-bond acceptors (Lipinski definition) is 5. The SMILES string of the molecule is CCCCCC(c1ccc(C=O)cc1)N1C(=O)C(c2ccc(F)c(Cl)c2)=NC12CCC(C(C)C)CC2.CNCCC(=O)O. The van der Waals surface area contributed by atoms with Gasteiger partial charge in [-0.1, -0.05) is 75.9 Å². The summed E-state index contributed by atoms with van der Waals surface area (Å²) in [6.07, 6.45) is 8.64. The van der Waals surface area contributed by atoms with Gasteiger partial charge < -0.3 is 15.3 Å². The minimum absolute atomic E-state index is 0.0111. The number of aliphatic imine (C=N–C) groups is 1. The molecule has 1 heterocycles. The molecule has 2 aromatic carbocycles. The first kappa shape index (κ1) is 34.4. The van der Waals surface area contributed by atoms with Gasteiger partial charge in [0.15, 0.2) is 0 Å². The predicted octanol–water partition coefficient (Wildman–Crippen LogP) is 7.47. The maximum Gasteiger partial charge on any atom is 0.304 e. The largest absolute Gasteiger partial charge is 0.481 e. The summed E-state index contributed by atoms with van der Waals surface area (Å²) >= 11 is 6.10. The third kappa shape index (κ3) is 8.73. The number of benzene rings is 2. The molecule has 234 valence electrons. The molecule has 1 spiro atoms. The summed E-state index contributed by atoms with van der Waals surface area (Å²) in [6, 6.07) is 11.8. The summed E-state index contributed by atoms with van der Waals surface area (Å²) in [5.74, 6) is -0.194. The summed E-state index contributed by atoms with van der Waals surface area (Å²) < 4.78 is 13.9. The molecule has 2 aromatic rings. The topological polar surface area (TPSA) is 99.1 Å². The first-order valence-electron chi connectivity index (χ1n) is 15.4. The van der Waals surface area contributed by atoms with E-state index in [0.717, 1.165) is 63.2 Å². The van der Waals surface area contributed by atoms with Crippen LogP contribution < -0.4 is 5.32 Å². The van der Waals surface area contributed by atoms with E-state index in [0.29, 0.717) is 35.2 Å². The predicted molar refractivity (Wildman–Crippen MR) is 169 cm³/mol. The second-order valence-corrected chi connectivity index (χ2v) is 12.3. The number of carbonyl (C=O) groups is 3. The van der Waals surface area contributed by atoms with Crippen molar-refractivity contribution in [2.45, 2.75) is 90.3 Å². The van der Waals surface area contributed by atoms with Gasteiger partial charge in [0.1, 0.15) is 23.5 Å². The van der Waals surface area contributed by atoms with E-state index in [9.17, 15) is 18.8 Å². The lowest BCUT2D eigenvalue weighted by atomic mass is 9.76. The number of aliphatic carboxylic acids is 1. The highest BCUT2D eigenvalue weighted by Crippen LogP contribution is 2.48. The summed E-state index contributed by atoms with van der Waals surface area (Å²) in [5, 5.41) is 10.7. The van der Waals surface area contributed by atoms with Crippen molar-refractivity contribution in [1.82, 2.24) is 10.2 Å². The molecule has 2 aliphatic rings. The molecule has 1 unspecified atom stereocenters. The maximum atomic E-state index is 14.2. The minimum Gasteiger partial charge on any atom is -0.481 e. The second-order valence-electron chi connectivity index (χ2n) is 11.9. The van der Waals surface area contributed by atoms with Crippen LogP contribution in [0.15, 0.2) is 47.5 Å². The van der Waals surface area contributed by atoms with E-state index >= 15 is 0 Å². The van der Waals surface area contributed by atoms with Gasteiger partial charge in [0.05, 0.1) is 17.5 Å². The molecular weight excluding hydrogens is 569 g/mol. The Balaban J connectivity index is 0.000000646. The van der Waals surface area contributed by atoms with Crippen molar-refractivity contribution < 1.29 is 23.9 Å². The third-order valence-electron chi connectivity index (χ3n) is 8.60. The van der Waals surface area contributed by atoms with Crippen LogP contribution in [0.2, 0.25) is 5.02 Å². The smallest absolute Gasteiger partial charge is 0.304 e. The zero-order valence-corrected chi connectivity index (χ0v) is 26.5. The Kier molecular flexibility index (Phi) is 12.9. The number of unbranched alkanes of at least 4 members (excludes halogenated alkanes) is 2. The second kappa shape index (κ2) is 16.1. The molecule has 43 heavy (non-hydrogen) atoms. The molecule has 1 aliphatic heterocycles. The molecule has 1 amide bonds. The summed E-state index contributed by atoms with van der Waals surface area (Å²) in [6.45, 7) is 7.24. The third-order valence-corrected chi connectivity index (χ3v) is 8.89. The Hall–Kier alpha value is -3.10. The first-order valence-corrected chi connectivity index (χ1v) is 15.7. The van der Waals surface area contributed by atoms with Crippen molar-refractivity contribution in [3.05, 3.63) is 70.0 Å². The van der Waals surface area contributed by atoms with Crippen molar-refractivity contribution in [2.24, 2.45) is 16.8 Å². The quantitative estimate of drug-likeness (QED) is 0.191. The minimum atomic E-state index is -0.755. The molecule has 9 heteroatoms. The number of carbonyl (C=O) groups excluding carboxylic acids is 2. The Labute approximate surface area is 259 Å². The average molecular weight is 614 g/mol. The van der Waals surface area contributed by atoms with Crippen LogP contribution in [0, 0.1) is 17.7 Å². The maximum absolute atomic E-state index is 14.2. The fourth-order valence-electron chi connectivity index (χ4n) is 6.06. The van der Waals surface area contributed by atoms with Gasteiger partial charge in [0.25, 0.3) is 5.91 Å². The highest BCUT2D eigenvalue weighted by molar-refractivity contribution is 6.47. The molecule has 0 aromatic heterocycles. The van der Waals surface area contributed by atoms with Gasteiger partial charge in [-0.25, -0.2) is 4.39 Å². The van der Waals surface area contributed by atoms with Gasteiger partial charge in [-0.2, -0.15) is 0 Å². The van der Waals surface area contributed by atoms with Crippen LogP contribution in [0.1, 0.15) is 106 Å². The van der Waals surface area contributed by atoms with Crippen molar-refractivity contribution in [3.8, 4) is 0 Å². The molecule has 4 rings (SSSR count). The van der Waals surface area contributed by atoms with E-state index in [2.05, 4.69) is 26.1 Å². The van der Waals surface area contributed by atoms with Crippen LogP contribution in [-0.2, 0) is 9.59 Å². The molecule has 0 radical (unpaired) electrons. The Morgan fingerprint density at radius 1 is 1.19 bits per heavy atom. The lowest BCUT2D eigenvalue weighted by Crippen LogP contribution is -2.51. The Morgan fingerprint density at radius 3 is 2.37 bits per heavy atom. The molecular formula is C34H45ClFN3O4. The number of rotatable bonds is 12. The standard InChI is InChI=1S/C30H36ClFN2O2.C4H9NO2/c1-4-5-6-7-27(23-10-8-21(19-35)9-11-23)34-29(36)28(24-12-13-26(32)25(31)18-24)33-30(34)16-14-22(15-17-30)20(2)3;1-5-3-2-4(6)7/h8-13,18-20,22,27H,4-7,14-17H2,1-3H3;5H,2-3H2,1H3,(H,6,7). The number of carboxylic acids is 1. The van der Waals surface area contributed by atoms with Crippen LogP contribution in [0.3, 0.4) is 0 Å². The van der Waals surface area contributed by atoms with Crippen LogP contribution in [0.4, 0.5) is 4.39 Å². The fourth-order valence-corrected chi connectivity index (χ4v) is 6.24. The Bertz CT molecular complexity index is 1270. The summed E-state index contributed by atoms with van der Waals surface area (Å²) in [4.78, 5) is 42.3. The molecule has 1 saturated carbocycles. The van der Waals surface area contributed by atoms with Gasteiger partial charge >= 0.3 is 5.97 Å². The molecule has 7 nitrogen and oxygen atoms in total. The highest BCUT2D eigenvalue weighted by atomic mass is 35.5. The van der Waals surface area contributed by atoms with Crippen molar-refractivity contribution in [2.75, 3.05) is 13.6 Å². The monoisotopic (exact) mass is 613 g/mol. The highest BCUT2D eigenvalue weighted by Gasteiger charge is 2.52. The van der Waals surface area contributed by atoms with Gasteiger partial charge in [-0.05, 0) is 74.8 Å². The van der Waals surface area contributed by atoms with E-state index in [4.69, 9.17) is 21.7 Å². The van der Waals surface area contributed by atoms with Crippen molar-refractivity contribution in [1.29, 1.82) is 0 Å². The molecule has 1 aliphatic carbocycles. The van der Waals surface area contributed by atoms with Gasteiger partial charge in [-0.15, -0.1) is 0 Å². The van der Waals surface area contributed by atoms with Gasteiger partial charge in [-0.3, -0.25) is 19.4 Å². The van der Waals surface area contributed by atoms with Gasteiger partial charge in [0.2, 0.25) is 0 Å². The molecule has 2 N–H and O–H groups in total. The number of halogens is 2. The van der Waals surface area contributed by atoms with Gasteiger partial charge in [0, 0.05) is 17.7 Å². The molecule has 1 atom stereocenters. The zero-order valence-electron chi connectivity index (χ0n) is 25.7. The molecule has 0 bridgehead atoms. The number of nitrogens with one attached hydrogen (secondary N) is 1. The van der Waals surface area contributed by atoms with Crippen LogP contribution in [0.5, 0.6) is 0 Å². The van der Waals surface area contributed by atoms with Crippen molar-refractivity contribution in [3.63, 3.8) is 0 Å². The van der Waals surface area contributed by atoms with Crippen molar-refractivity contribution >= 4 is 35.5 Å². The lowest BCUT2D eigenvalue weighted by molar-refractivity contribution is -0.137. The summed E-state index contributed by atoms with van der Waals surface area (Å²) in [7, 11) is 1.73. The van der Waals surface area contributed by atoms with E-state index < -0.39 is 17.4 Å². The zero-order chi connectivity index (χ0) is 31.6. The van der Waals surface area contributed by atoms with E-state index in [1.165, 1.54) is 12.1 Å². The molecule has 0 saturated heterocycles. The van der Waals surface area contributed by atoms with Crippen LogP contribution in [-0.4, -0.2) is 53.1 Å². The fraction of sp³-hybridized carbons (Fsp3) is 0.529. The molecule has 1 fully saturated rings. The van der Waals surface area contributed by atoms with E-state index in [-0.39, 0.29) is 23.4 Å². The Morgan fingerprint density at radius 2 is 1.86 bits per heavy atom. The van der Waals surface area contributed by atoms with Crippen LogP contribution >= 0.6 is 11.6 Å².